The number of hydrogen-bond acceptors (Lipinski definition) is 4. The van der Waals surface area contributed by atoms with Crippen LogP contribution in [0.5, 0.6) is 0 Å². The van der Waals surface area contributed by atoms with Crippen molar-refractivity contribution in [1.29, 1.82) is 5.26 Å². The van der Waals surface area contributed by atoms with Crippen molar-refractivity contribution in [3.63, 3.8) is 0 Å². The van der Waals surface area contributed by atoms with Crippen LogP contribution in [-0.4, -0.2) is 42.2 Å². The lowest BCUT2D eigenvalue weighted by molar-refractivity contribution is 0.168. The van der Waals surface area contributed by atoms with E-state index in [0.29, 0.717) is 17.6 Å². The minimum Gasteiger partial charge on any atom is -0.389 e. The summed E-state index contributed by atoms with van der Waals surface area (Å²) >= 11 is 0. The van der Waals surface area contributed by atoms with Crippen LogP contribution in [0.4, 0.5) is 5.69 Å². The Hall–Kier alpha value is -1.57. The van der Waals surface area contributed by atoms with Gasteiger partial charge >= 0.3 is 0 Å². The van der Waals surface area contributed by atoms with E-state index >= 15 is 0 Å². The summed E-state index contributed by atoms with van der Waals surface area (Å²) in [5, 5.41) is 19.1. The maximum Gasteiger partial charge on any atom is 0.0992 e. The largest absolute Gasteiger partial charge is 0.389 e. The first-order valence-corrected chi connectivity index (χ1v) is 7.13. The maximum absolute atomic E-state index is 9.96. The number of likely N-dealkylation sites (N-methyl/N-ethyl adjacent to an activating group) is 1. The molecule has 0 saturated carbocycles. The van der Waals surface area contributed by atoms with E-state index in [4.69, 9.17) is 5.26 Å². The Labute approximate surface area is 121 Å². The molecule has 1 saturated heterocycles. The van der Waals surface area contributed by atoms with E-state index in [-0.39, 0.29) is 0 Å². The monoisotopic (exact) mass is 273 g/mol. The SMILES string of the molecule is CC1CN(c2cc(C#N)ccc2[C@@H](C)O)CC(C)N1C. The molecule has 1 N–H and O–H groups in total. The lowest BCUT2D eigenvalue weighted by Gasteiger charge is -2.44. The molecule has 4 heteroatoms. The van der Waals surface area contributed by atoms with Gasteiger partial charge in [0.25, 0.3) is 0 Å². The molecule has 1 aliphatic rings. The average molecular weight is 273 g/mol. The molecule has 1 fully saturated rings. The molecular formula is C16H23N3O. The van der Waals surface area contributed by atoms with E-state index in [1.165, 1.54) is 0 Å². The molecule has 1 aliphatic heterocycles. The fourth-order valence-electron chi connectivity index (χ4n) is 2.84. The quantitative estimate of drug-likeness (QED) is 0.897. The van der Waals surface area contributed by atoms with Crippen molar-refractivity contribution in [3.8, 4) is 6.07 Å². The predicted octanol–water partition coefficient (Wildman–Crippen LogP) is 2.14. The van der Waals surface area contributed by atoms with Crippen LogP contribution >= 0.6 is 0 Å². The van der Waals surface area contributed by atoms with E-state index in [9.17, 15) is 5.11 Å². The highest BCUT2D eigenvalue weighted by Crippen LogP contribution is 2.30. The standard InChI is InChI=1S/C16H23N3O/c1-11-9-19(10-12(2)18(11)4)16-7-14(8-17)5-6-15(16)13(3)20/h5-7,11-13,20H,9-10H2,1-4H3/t11?,12?,13-/m1/s1. The fourth-order valence-corrected chi connectivity index (χ4v) is 2.84. The van der Waals surface area contributed by atoms with Crippen LogP contribution in [0.25, 0.3) is 0 Å². The van der Waals surface area contributed by atoms with Gasteiger partial charge in [-0.2, -0.15) is 5.26 Å². The Morgan fingerprint density at radius 2 is 1.90 bits per heavy atom. The normalized spacial score (nSPS) is 25.3. The van der Waals surface area contributed by atoms with Crippen molar-refractivity contribution >= 4 is 5.69 Å². The Kier molecular flexibility index (Phi) is 4.32. The lowest BCUT2D eigenvalue weighted by Crippen LogP contribution is -2.55. The number of piperazine rings is 1. The van der Waals surface area contributed by atoms with Crippen molar-refractivity contribution in [2.75, 3.05) is 25.0 Å². The van der Waals surface area contributed by atoms with Gasteiger partial charge in [0.15, 0.2) is 0 Å². The molecule has 1 aromatic rings. The molecule has 108 valence electrons. The minimum atomic E-state index is -0.525. The second-order valence-electron chi connectivity index (χ2n) is 5.83. The highest BCUT2D eigenvalue weighted by Gasteiger charge is 2.28. The highest BCUT2D eigenvalue weighted by molar-refractivity contribution is 5.59. The van der Waals surface area contributed by atoms with Crippen molar-refractivity contribution in [2.24, 2.45) is 0 Å². The predicted molar refractivity (Wildman–Crippen MR) is 80.7 cm³/mol. The molecule has 1 aromatic carbocycles. The van der Waals surface area contributed by atoms with Crippen LogP contribution in [0.15, 0.2) is 18.2 Å². The van der Waals surface area contributed by atoms with Crippen LogP contribution in [0, 0.1) is 11.3 Å². The zero-order valence-electron chi connectivity index (χ0n) is 12.7. The minimum absolute atomic E-state index is 0.450. The summed E-state index contributed by atoms with van der Waals surface area (Å²) in [7, 11) is 2.15. The summed E-state index contributed by atoms with van der Waals surface area (Å²) in [6, 6.07) is 8.62. The second-order valence-corrected chi connectivity index (χ2v) is 5.83. The van der Waals surface area contributed by atoms with Crippen molar-refractivity contribution in [1.82, 2.24) is 4.90 Å². The van der Waals surface area contributed by atoms with Gasteiger partial charge in [0.05, 0.1) is 17.7 Å². The van der Waals surface area contributed by atoms with Crippen molar-refractivity contribution in [3.05, 3.63) is 29.3 Å². The Bertz CT molecular complexity index is 509. The van der Waals surface area contributed by atoms with Crippen LogP contribution in [0.1, 0.15) is 38.0 Å². The third-order valence-corrected chi connectivity index (χ3v) is 4.31. The molecule has 2 rings (SSSR count). The third kappa shape index (κ3) is 2.79. The molecule has 0 radical (unpaired) electrons. The molecule has 20 heavy (non-hydrogen) atoms. The number of aliphatic hydroxyl groups is 1. The summed E-state index contributed by atoms with van der Waals surface area (Å²) in [5.41, 5.74) is 2.53. The number of hydrogen-bond donors (Lipinski definition) is 1. The molecule has 2 unspecified atom stereocenters. The van der Waals surface area contributed by atoms with Gasteiger partial charge in [-0.1, -0.05) is 6.07 Å². The van der Waals surface area contributed by atoms with Gasteiger partial charge in [-0.3, -0.25) is 4.90 Å². The zero-order valence-corrected chi connectivity index (χ0v) is 12.7. The average Bonchev–Trinajstić information content (AvgIpc) is 2.43. The zero-order chi connectivity index (χ0) is 14.9. The number of rotatable bonds is 2. The molecule has 3 atom stereocenters. The molecule has 0 aliphatic carbocycles. The van der Waals surface area contributed by atoms with Gasteiger partial charge in [0.2, 0.25) is 0 Å². The number of benzene rings is 1. The van der Waals surface area contributed by atoms with Gasteiger partial charge in [0.1, 0.15) is 0 Å². The van der Waals surface area contributed by atoms with Crippen LogP contribution < -0.4 is 4.90 Å². The Morgan fingerprint density at radius 3 is 2.40 bits per heavy atom. The molecule has 0 amide bonds. The van der Waals surface area contributed by atoms with Crippen molar-refractivity contribution in [2.45, 2.75) is 39.0 Å². The third-order valence-electron chi connectivity index (χ3n) is 4.31. The van der Waals surface area contributed by atoms with Gasteiger partial charge in [-0.05, 0) is 40.0 Å². The van der Waals surface area contributed by atoms with E-state index in [2.05, 4.69) is 36.8 Å². The molecular weight excluding hydrogens is 250 g/mol. The first-order chi connectivity index (χ1) is 9.43. The van der Waals surface area contributed by atoms with Crippen LogP contribution in [0.2, 0.25) is 0 Å². The second kappa shape index (κ2) is 5.82. The molecule has 1 heterocycles. The summed E-state index contributed by atoms with van der Waals surface area (Å²) in [6.07, 6.45) is -0.525. The van der Waals surface area contributed by atoms with E-state index in [0.717, 1.165) is 24.3 Å². The van der Waals surface area contributed by atoms with E-state index in [1.54, 1.807) is 13.0 Å². The van der Waals surface area contributed by atoms with Gasteiger partial charge in [-0.15, -0.1) is 0 Å². The Balaban J connectivity index is 2.38. The highest BCUT2D eigenvalue weighted by atomic mass is 16.3. The topological polar surface area (TPSA) is 50.5 Å². The van der Waals surface area contributed by atoms with Crippen molar-refractivity contribution < 1.29 is 5.11 Å². The van der Waals surface area contributed by atoms with Gasteiger partial charge in [0, 0.05) is 36.4 Å². The first-order valence-electron chi connectivity index (χ1n) is 7.13. The van der Waals surface area contributed by atoms with E-state index in [1.807, 2.05) is 12.1 Å². The van der Waals surface area contributed by atoms with Crippen LogP contribution in [-0.2, 0) is 0 Å². The molecule has 0 spiro atoms. The summed E-state index contributed by atoms with van der Waals surface area (Å²) in [5.74, 6) is 0. The summed E-state index contributed by atoms with van der Waals surface area (Å²) in [4.78, 5) is 4.66. The molecule has 0 aromatic heterocycles. The number of aliphatic hydroxyl groups excluding tert-OH is 1. The van der Waals surface area contributed by atoms with Gasteiger partial charge in [-0.25, -0.2) is 0 Å². The summed E-state index contributed by atoms with van der Waals surface area (Å²) < 4.78 is 0. The summed E-state index contributed by atoms with van der Waals surface area (Å²) in [6.45, 7) is 8.01. The Morgan fingerprint density at radius 1 is 1.30 bits per heavy atom. The lowest BCUT2D eigenvalue weighted by atomic mass is 10.0. The maximum atomic E-state index is 9.96. The molecule has 0 bridgehead atoms. The first kappa shape index (κ1) is 14.8. The van der Waals surface area contributed by atoms with E-state index < -0.39 is 6.10 Å². The van der Waals surface area contributed by atoms with Crippen LogP contribution in [0.3, 0.4) is 0 Å². The number of nitriles is 1. The fraction of sp³-hybridized carbons (Fsp3) is 0.562. The number of anilines is 1. The number of nitrogens with zero attached hydrogens (tertiary/aromatic N) is 3. The smallest absolute Gasteiger partial charge is 0.0992 e. The van der Waals surface area contributed by atoms with Gasteiger partial charge < -0.3 is 10.0 Å². The molecule has 4 nitrogen and oxygen atoms in total.